The molecule has 2 N–H and O–H groups in total. The van der Waals surface area contributed by atoms with Crippen LogP contribution in [-0.2, 0) is 4.79 Å². The van der Waals surface area contributed by atoms with Crippen LogP contribution in [-0.4, -0.2) is 28.5 Å². The Labute approximate surface area is 166 Å². The third-order valence-electron chi connectivity index (χ3n) is 6.44. The fraction of sp³-hybridized carbons (Fsp3) is 0.478. The zero-order chi connectivity index (χ0) is 19.7. The normalized spacial score (nSPS) is 27.2. The first-order valence-electron chi connectivity index (χ1n) is 10.3. The predicted octanol–water partition coefficient (Wildman–Crippen LogP) is 3.54. The van der Waals surface area contributed by atoms with Gasteiger partial charge < -0.3 is 15.2 Å². The lowest BCUT2D eigenvalue weighted by Crippen LogP contribution is -2.56. The molecule has 1 saturated heterocycles. The maximum atomic E-state index is 12.7. The first-order chi connectivity index (χ1) is 13.5. The Morgan fingerprint density at radius 1 is 1.14 bits per heavy atom. The number of rotatable bonds is 4. The molecule has 1 aromatic carbocycles. The van der Waals surface area contributed by atoms with Gasteiger partial charge in [-0.1, -0.05) is 13.8 Å². The summed E-state index contributed by atoms with van der Waals surface area (Å²) in [6.07, 6.45) is 7.47. The first kappa shape index (κ1) is 18.8. The molecule has 0 spiro atoms. The topological polar surface area (TPSA) is 63.1 Å². The van der Waals surface area contributed by atoms with Gasteiger partial charge in [0.05, 0.1) is 0 Å². The number of benzene rings is 1. The summed E-state index contributed by atoms with van der Waals surface area (Å²) in [4.78, 5) is 24.8. The van der Waals surface area contributed by atoms with Crippen molar-refractivity contribution in [2.24, 2.45) is 17.8 Å². The second-order valence-corrected chi connectivity index (χ2v) is 8.57. The summed E-state index contributed by atoms with van der Waals surface area (Å²) in [6, 6.07) is 11.9. The van der Waals surface area contributed by atoms with Crippen LogP contribution in [0.2, 0.25) is 0 Å². The molecule has 1 aliphatic heterocycles. The van der Waals surface area contributed by atoms with E-state index in [-0.39, 0.29) is 23.9 Å². The van der Waals surface area contributed by atoms with Crippen LogP contribution in [0.1, 0.15) is 49.9 Å². The molecule has 1 aromatic heterocycles. The highest BCUT2D eigenvalue weighted by molar-refractivity contribution is 5.94. The summed E-state index contributed by atoms with van der Waals surface area (Å²) in [5, 5.41) is 6.36. The molecule has 2 aliphatic rings. The first-order valence-corrected chi connectivity index (χ1v) is 10.3. The molecule has 4 atom stereocenters. The van der Waals surface area contributed by atoms with E-state index in [4.69, 9.17) is 0 Å². The molecule has 2 fully saturated rings. The van der Waals surface area contributed by atoms with Crippen LogP contribution in [0, 0.1) is 17.8 Å². The van der Waals surface area contributed by atoms with Gasteiger partial charge in [0.15, 0.2) is 0 Å². The van der Waals surface area contributed by atoms with Crippen molar-refractivity contribution in [3.63, 3.8) is 0 Å². The van der Waals surface area contributed by atoms with Gasteiger partial charge in [-0.15, -0.1) is 0 Å². The van der Waals surface area contributed by atoms with Crippen molar-refractivity contribution >= 4 is 11.8 Å². The zero-order valence-corrected chi connectivity index (χ0v) is 16.6. The molecule has 1 saturated carbocycles. The number of amides is 2. The van der Waals surface area contributed by atoms with Crippen molar-refractivity contribution in [1.82, 2.24) is 15.2 Å². The standard InChI is InChI=1S/C23H29N3O2/c1-15(2)20-14-22(27)25-21-13-17(7-10-19(20)21)24-23(28)16-5-8-18(9-6-16)26-11-3-4-12-26/h3-6,8-9,11-12,15,17,19-21H,7,10,13-14H2,1-2H3,(H,24,28)(H,25,27). The highest BCUT2D eigenvalue weighted by atomic mass is 16.2. The number of piperidine rings is 1. The van der Waals surface area contributed by atoms with Crippen LogP contribution in [0.3, 0.4) is 0 Å². The highest BCUT2D eigenvalue weighted by Crippen LogP contribution is 2.39. The molecule has 4 unspecified atom stereocenters. The highest BCUT2D eigenvalue weighted by Gasteiger charge is 2.41. The third kappa shape index (κ3) is 3.84. The summed E-state index contributed by atoms with van der Waals surface area (Å²) in [6.45, 7) is 4.43. The predicted molar refractivity (Wildman–Crippen MR) is 109 cm³/mol. The maximum Gasteiger partial charge on any atom is 0.251 e. The smallest absolute Gasteiger partial charge is 0.251 e. The van der Waals surface area contributed by atoms with E-state index in [2.05, 4.69) is 24.5 Å². The van der Waals surface area contributed by atoms with E-state index in [0.29, 0.717) is 29.7 Å². The lowest BCUT2D eigenvalue weighted by Gasteiger charge is -2.45. The average Bonchev–Trinajstić information content (AvgIpc) is 3.22. The number of hydrogen-bond donors (Lipinski definition) is 2. The van der Waals surface area contributed by atoms with Gasteiger partial charge in [-0.2, -0.15) is 0 Å². The van der Waals surface area contributed by atoms with Gasteiger partial charge >= 0.3 is 0 Å². The number of carbonyl (C=O) groups excluding carboxylic acids is 2. The Morgan fingerprint density at radius 3 is 2.54 bits per heavy atom. The largest absolute Gasteiger partial charge is 0.353 e. The number of fused-ring (bicyclic) bond motifs is 1. The van der Waals surface area contributed by atoms with Crippen molar-refractivity contribution in [3.8, 4) is 5.69 Å². The fourth-order valence-corrected chi connectivity index (χ4v) is 4.93. The molecule has 1 aliphatic carbocycles. The molecule has 4 rings (SSSR count). The van der Waals surface area contributed by atoms with Gasteiger partial charge in [-0.25, -0.2) is 0 Å². The zero-order valence-electron chi connectivity index (χ0n) is 16.6. The maximum absolute atomic E-state index is 12.7. The van der Waals surface area contributed by atoms with Crippen molar-refractivity contribution < 1.29 is 9.59 Å². The monoisotopic (exact) mass is 379 g/mol. The van der Waals surface area contributed by atoms with Gasteiger partial charge in [-0.3, -0.25) is 9.59 Å². The second kappa shape index (κ2) is 7.82. The summed E-state index contributed by atoms with van der Waals surface area (Å²) < 4.78 is 2.01. The van der Waals surface area contributed by atoms with E-state index >= 15 is 0 Å². The SMILES string of the molecule is CC(C)C1CC(=O)NC2CC(NC(=O)c3ccc(-n4cccc4)cc3)CCC21. The molecule has 0 radical (unpaired) electrons. The second-order valence-electron chi connectivity index (χ2n) is 8.57. The molecular formula is C23H29N3O2. The molecule has 5 nitrogen and oxygen atoms in total. The van der Waals surface area contributed by atoms with E-state index in [0.717, 1.165) is 24.9 Å². The van der Waals surface area contributed by atoms with Crippen LogP contribution >= 0.6 is 0 Å². The Bertz CT molecular complexity index is 826. The van der Waals surface area contributed by atoms with E-state index < -0.39 is 0 Å². The number of aromatic nitrogens is 1. The third-order valence-corrected chi connectivity index (χ3v) is 6.44. The number of hydrogen-bond acceptors (Lipinski definition) is 2. The van der Waals surface area contributed by atoms with Crippen LogP contribution in [0.25, 0.3) is 5.69 Å². The number of nitrogens with zero attached hydrogens (tertiary/aromatic N) is 1. The molecule has 28 heavy (non-hydrogen) atoms. The van der Waals surface area contributed by atoms with Crippen LogP contribution < -0.4 is 10.6 Å². The molecule has 148 valence electrons. The van der Waals surface area contributed by atoms with Crippen molar-refractivity contribution in [2.45, 2.75) is 51.6 Å². The Morgan fingerprint density at radius 2 is 1.86 bits per heavy atom. The molecule has 2 amide bonds. The average molecular weight is 380 g/mol. The van der Waals surface area contributed by atoms with Crippen LogP contribution in [0.5, 0.6) is 0 Å². The van der Waals surface area contributed by atoms with Crippen LogP contribution in [0.15, 0.2) is 48.8 Å². The van der Waals surface area contributed by atoms with Crippen molar-refractivity contribution in [2.75, 3.05) is 0 Å². The van der Waals surface area contributed by atoms with Crippen molar-refractivity contribution in [3.05, 3.63) is 54.4 Å². The molecule has 2 heterocycles. The van der Waals surface area contributed by atoms with Gasteiger partial charge in [0, 0.05) is 42.1 Å². The van der Waals surface area contributed by atoms with Crippen LogP contribution in [0.4, 0.5) is 0 Å². The lowest BCUT2D eigenvalue weighted by molar-refractivity contribution is -0.128. The van der Waals surface area contributed by atoms with Gasteiger partial charge in [0.1, 0.15) is 0 Å². The minimum absolute atomic E-state index is 0.0370. The fourth-order valence-electron chi connectivity index (χ4n) is 4.93. The minimum Gasteiger partial charge on any atom is -0.353 e. The molecule has 2 aromatic rings. The van der Waals surface area contributed by atoms with E-state index in [1.165, 1.54) is 0 Å². The summed E-state index contributed by atoms with van der Waals surface area (Å²) >= 11 is 0. The Hall–Kier alpha value is -2.56. The van der Waals surface area contributed by atoms with Gasteiger partial charge in [-0.05, 0) is 73.4 Å². The Balaban J connectivity index is 1.38. The van der Waals surface area contributed by atoms with Gasteiger partial charge in [0.25, 0.3) is 5.91 Å². The molecule has 0 bridgehead atoms. The summed E-state index contributed by atoms with van der Waals surface area (Å²) in [5.41, 5.74) is 1.71. The minimum atomic E-state index is -0.0370. The van der Waals surface area contributed by atoms with E-state index in [9.17, 15) is 9.59 Å². The molecule has 5 heteroatoms. The quantitative estimate of drug-likeness (QED) is 0.853. The summed E-state index contributed by atoms with van der Waals surface area (Å²) in [7, 11) is 0. The summed E-state index contributed by atoms with van der Waals surface area (Å²) in [5.74, 6) is 1.63. The molecular weight excluding hydrogens is 350 g/mol. The van der Waals surface area contributed by atoms with E-state index in [1.54, 1.807) is 0 Å². The number of nitrogens with one attached hydrogen (secondary N) is 2. The number of carbonyl (C=O) groups is 2. The Kier molecular flexibility index (Phi) is 5.25. The lowest BCUT2D eigenvalue weighted by atomic mass is 9.67. The van der Waals surface area contributed by atoms with E-state index in [1.807, 2.05) is 53.4 Å². The van der Waals surface area contributed by atoms with Crippen molar-refractivity contribution in [1.29, 1.82) is 0 Å². The van der Waals surface area contributed by atoms with Gasteiger partial charge in [0.2, 0.25) is 5.91 Å².